The molecule has 0 unspecified atom stereocenters. The maximum atomic E-state index is 13.3. The minimum Gasteiger partial charge on any atom is -0.494 e. The number of para-hydroxylation sites is 1. The Kier molecular flexibility index (Phi) is 11.9. The number of anilines is 1. The van der Waals surface area contributed by atoms with Crippen LogP contribution in [0.5, 0.6) is 23.0 Å². The first-order valence-electron chi connectivity index (χ1n) is 14.5. The average Bonchev–Trinajstić information content (AvgIpc) is 3.44. The normalized spacial score (nSPS) is 10.6. The number of carbonyl (C=O) groups excluding carboxylic acids is 2. The number of thioether (sulfide) groups is 1. The van der Waals surface area contributed by atoms with E-state index in [-0.39, 0.29) is 24.1 Å². The van der Waals surface area contributed by atoms with Gasteiger partial charge < -0.3 is 29.6 Å². The van der Waals surface area contributed by atoms with Gasteiger partial charge >= 0.3 is 0 Å². The molecule has 0 spiro atoms. The molecule has 0 saturated carbocycles. The van der Waals surface area contributed by atoms with Gasteiger partial charge in [-0.2, -0.15) is 0 Å². The fourth-order valence-corrected chi connectivity index (χ4v) is 5.03. The Bertz CT molecular complexity index is 1500. The van der Waals surface area contributed by atoms with E-state index in [1.807, 2.05) is 74.7 Å². The first-order chi connectivity index (χ1) is 21.5. The van der Waals surface area contributed by atoms with Crippen molar-refractivity contribution < 1.29 is 28.5 Å². The molecule has 0 saturated heterocycles. The highest BCUT2D eigenvalue weighted by molar-refractivity contribution is 7.99. The first-order valence-corrected chi connectivity index (χ1v) is 15.5. The minimum absolute atomic E-state index is 0.0841. The van der Waals surface area contributed by atoms with Crippen molar-refractivity contribution in [3.8, 4) is 28.7 Å². The predicted molar refractivity (Wildman–Crippen MR) is 169 cm³/mol. The number of nitrogens with one attached hydrogen (secondary N) is 2. The van der Waals surface area contributed by atoms with E-state index in [4.69, 9.17) is 18.9 Å². The molecule has 11 nitrogen and oxygen atoms in total. The van der Waals surface area contributed by atoms with Crippen LogP contribution < -0.4 is 29.6 Å². The van der Waals surface area contributed by atoms with E-state index in [1.54, 1.807) is 24.3 Å². The van der Waals surface area contributed by atoms with Gasteiger partial charge in [-0.1, -0.05) is 30.0 Å². The maximum Gasteiger partial charge on any atom is 0.251 e. The van der Waals surface area contributed by atoms with Gasteiger partial charge in [-0.05, 0) is 76.2 Å². The molecule has 232 valence electrons. The van der Waals surface area contributed by atoms with Crippen molar-refractivity contribution in [1.29, 1.82) is 0 Å². The molecule has 0 aliphatic heterocycles. The fourth-order valence-electron chi connectivity index (χ4n) is 4.25. The third kappa shape index (κ3) is 8.44. The van der Waals surface area contributed by atoms with E-state index < -0.39 is 0 Å². The van der Waals surface area contributed by atoms with Crippen molar-refractivity contribution >= 4 is 29.3 Å². The highest BCUT2D eigenvalue weighted by Gasteiger charge is 2.20. The standard InChI is InChI=1S/C32H37N5O6S/c1-5-40-25-16-14-23(15-17-25)34-29(38)21-44-32-36-35-28(37(32)24-12-10-9-11-13-24)20-33-31(39)22-18-26(41-6-2)30(43-8-4)27(19-22)42-7-3/h9-19H,5-8,20-21H2,1-4H3,(H,33,39)(H,34,38). The average molecular weight is 620 g/mol. The van der Waals surface area contributed by atoms with Crippen molar-refractivity contribution in [3.05, 3.63) is 78.1 Å². The summed E-state index contributed by atoms with van der Waals surface area (Å²) < 4.78 is 24.5. The Morgan fingerprint density at radius 2 is 1.43 bits per heavy atom. The third-order valence-electron chi connectivity index (χ3n) is 6.07. The molecule has 1 heterocycles. The van der Waals surface area contributed by atoms with Crippen molar-refractivity contribution in [2.45, 2.75) is 39.4 Å². The van der Waals surface area contributed by atoms with Gasteiger partial charge in [0.05, 0.1) is 38.7 Å². The summed E-state index contributed by atoms with van der Waals surface area (Å²) in [6, 6.07) is 20.0. The van der Waals surface area contributed by atoms with Gasteiger partial charge in [-0.25, -0.2) is 0 Å². The summed E-state index contributed by atoms with van der Waals surface area (Å²) in [7, 11) is 0. The molecule has 0 aliphatic carbocycles. The van der Waals surface area contributed by atoms with Gasteiger partial charge in [0, 0.05) is 16.9 Å². The Labute approximate surface area is 261 Å². The van der Waals surface area contributed by atoms with Gasteiger partial charge in [0.1, 0.15) is 5.75 Å². The summed E-state index contributed by atoms with van der Waals surface area (Å²) in [5.74, 6) is 2.13. The highest BCUT2D eigenvalue weighted by Crippen LogP contribution is 2.39. The highest BCUT2D eigenvalue weighted by atomic mass is 32.2. The molecular weight excluding hydrogens is 582 g/mol. The summed E-state index contributed by atoms with van der Waals surface area (Å²) in [6.07, 6.45) is 0. The number of carbonyl (C=O) groups is 2. The number of nitrogens with zero attached hydrogens (tertiary/aromatic N) is 3. The summed E-state index contributed by atoms with van der Waals surface area (Å²) in [6.45, 7) is 9.38. The topological polar surface area (TPSA) is 126 Å². The number of hydrogen-bond donors (Lipinski definition) is 2. The van der Waals surface area contributed by atoms with Crippen LogP contribution in [0.4, 0.5) is 5.69 Å². The van der Waals surface area contributed by atoms with Crippen molar-refractivity contribution in [2.24, 2.45) is 0 Å². The molecule has 4 rings (SSSR count). The molecule has 1 aromatic heterocycles. The number of rotatable bonds is 16. The molecule has 0 radical (unpaired) electrons. The summed E-state index contributed by atoms with van der Waals surface area (Å²) in [5, 5.41) is 15.0. The van der Waals surface area contributed by atoms with E-state index in [2.05, 4.69) is 20.8 Å². The molecule has 3 aromatic carbocycles. The summed E-state index contributed by atoms with van der Waals surface area (Å²) >= 11 is 1.25. The zero-order chi connectivity index (χ0) is 31.3. The van der Waals surface area contributed by atoms with Crippen molar-refractivity contribution in [2.75, 3.05) is 37.5 Å². The van der Waals surface area contributed by atoms with Crippen LogP contribution in [0.1, 0.15) is 43.9 Å². The predicted octanol–water partition coefficient (Wildman–Crippen LogP) is 5.52. The lowest BCUT2D eigenvalue weighted by Gasteiger charge is -2.17. The van der Waals surface area contributed by atoms with E-state index >= 15 is 0 Å². The lowest BCUT2D eigenvalue weighted by atomic mass is 10.1. The van der Waals surface area contributed by atoms with Crippen molar-refractivity contribution in [1.82, 2.24) is 20.1 Å². The lowest BCUT2D eigenvalue weighted by Crippen LogP contribution is -2.25. The van der Waals surface area contributed by atoms with Crippen LogP contribution in [0.3, 0.4) is 0 Å². The number of benzene rings is 3. The van der Waals surface area contributed by atoms with Crippen LogP contribution in [0, 0.1) is 0 Å². The molecule has 12 heteroatoms. The second-order valence-corrected chi connectivity index (χ2v) is 10.1. The van der Waals surface area contributed by atoms with Crippen LogP contribution in [-0.2, 0) is 11.3 Å². The van der Waals surface area contributed by atoms with Gasteiger partial charge in [-0.3, -0.25) is 14.2 Å². The lowest BCUT2D eigenvalue weighted by molar-refractivity contribution is -0.113. The molecule has 0 fully saturated rings. The van der Waals surface area contributed by atoms with Crippen LogP contribution in [-0.4, -0.2) is 58.8 Å². The molecule has 4 aromatic rings. The number of hydrogen-bond acceptors (Lipinski definition) is 9. The molecular formula is C32H37N5O6S. The van der Waals surface area contributed by atoms with E-state index in [0.29, 0.717) is 65.9 Å². The second kappa shape index (κ2) is 16.2. The molecule has 44 heavy (non-hydrogen) atoms. The summed E-state index contributed by atoms with van der Waals surface area (Å²) in [4.78, 5) is 26.0. The second-order valence-electron chi connectivity index (χ2n) is 9.15. The molecule has 0 atom stereocenters. The Morgan fingerprint density at radius 1 is 0.795 bits per heavy atom. The van der Waals surface area contributed by atoms with Crippen LogP contribution >= 0.6 is 11.8 Å². The Morgan fingerprint density at radius 3 is 2.05 bits per heavy atom. The quantitative estimate of drug-likeness (QED) is 0.156. The molecule has 2 amide bonds. The third-order valence-corrected chi connectivity index (χ3v) is 7.00. The van der Waals surface area contributed by atoms with E-state index in [1.165, 1.54) is 11.8 Å². The van der Waals surface area contributed by atoms with Gasteiger partial charge in [0.15, 0.2) is 22.5 Å². The molecule has 2 N–H and O–H groups in total. The SMILES string of the molecule is CCOc1ccc(NC(=O)CSc2nnc(CNC(=O)c3cc(OCC)c(OCC)c(OCC)c3)n2-c2ccccc2)cc1. The van der Waals surface area contributed by atoms with Gasteiger partial charge in [0.2, 0.25) is 11.7 Å². The number of ether oxygens (including phenoxy) is 4. The van der Waals surface area contributed by atoms with Gasteiger partial charge in [0.25, 0.3) is 5.91 Å². The number of aromatic nitrogens is 3. The summed E-state index contributed by atoms with van der Waals surface area (Å²) in [5.41, 5.74) is 1.82. The fraction of sp³-hybridized carbons (Fsp3) is 0.312. The monoisotopic (exact) mass is 619 g/mol. The van der Waals surface area contributed by atoms with Crippen LogP contribution in [0.25, 0.3) is 5.69 Å². The Hall–Kier alpha value is -4.71. The first kappa shape index (κ1) is 32.2. The molecule has 0 aliphatic rings. The largest absolute Gasteiger partial charge is 0.494 e. The number of amides is 2. The maximum absolute atomic E-state index is 13.3. The van der Waals surface area contributed by atoms with E-state index in [0.717, 1.165) is 11.4 Å². The van der Waals surface area contributed by atoms with Gasteiger partial charge in [-0.15, -0.1) is 10.2 Å². The van der Waals surface area contributed by atoms with Crippen molar-refractivity contribution in [3.63, 3.8) is 0 Å². The zero-order valence-corrected chi connectivity index (χ0v) is 26.1. The van der Waals surface area contributed by atoms with Crippen LogP contribution in [0.15, 0.2) is 71.9 Å². The van der Waals surface area contributed by atoms with Crippen LogP contribution in [0.2, 0.25) is 0 Å². The molecule has 0 bridgehead atoms. The minimum atomic E-state index is -0.346. The Balaban J connectivity index is 1.49. The smallest absolute Gasteiger partial charge is 0.251 e. The zero-order valence-electron chi connectivity index (χ0n) is 25.3. The van der Waals surface area contributed by atoms with E-state index in [9.17, 15) is 9.59 Å².